The van der Waals surface area contributed by atoms with E-state index in [-0.39, 0.29) is 5.75 Å². The van der Waals surface area contributed by atoms with Gasteiger partial charge in [-0.1, -0.05) is 12.1 Å². The van der Waals surface area contributed by atoms with Gasteiger partial charge >= 0.3 is 0 Å². The molecule has 0 atom stereocenters. The van der Waals surface area contributed by atoms with Gasteiger partial charge in [0, 0.05) is 48.9 Å². The van der Waals surface area contributed by atoms with Gasteiger partial charge in [0.15, 0.2) is 0 Å². The van der Waals surface area contributed by atoms with Crippen LogP contribution in [0.1, 0.15) is 15.2 Å². The highest BCUT2D eigenvalue weighted by atomic mass is 32.2. The number of benzene rings is 2. The van der Waals surface area contributed by atoms with Gasteiger partial charge in [-0.25, -0.2) is 13.1 Å². The molecule has 1 amide bonds. The van der Waals surface area contributed by atoms with Gasteiger partial charge in [-0.2, -0.15) is 0 Å². The highest BCUT2D eigenvalue weighted by Gasteiger charge is 2.19. The quantitative estimate of drug-likeness (QED) is 0.574. The average molecular weight is 472 g/mol. The van der Waals surface area contributed by atoms with Crippen molar-refractivity contribution in [3.05, 3.63) is 70.4 Å². The summed E-state index contributed by atoms with van der Waals surface area (Å²) in [6.07, 6.45) is 0.961. The molecule has 4 rings (SSSR count). The van der Waals surface area contributed by atoms with Crippen LogP contribution in [0, 0.1) is 0 Å². The molecular weight excluding hydrogens is 446 g/mol. The number of aromatic hydroxyl groups is 1. The number of carbonyl (C=O) groups excluding carboxylic acids is 1. The van der Waals surface area contributed by atoms with Crippen molar-refractivity contribution >= 4 is 33.0 Å². The average Bonchev–Trinajstić information content (AvgIpc) is 3.22. The normalized spacial score (nSPS) is 15.0. The predicted molar refractivity (Wildman–Crippen MR) is 128 cm³/mol. The highest BCUT2D eigenvalue weighted by Crippen LogP contribution is 2.29. The van der Waals surface area contributed by atoms with E-state index in [4.69, 9.17) is 0 Å². The Bertz CT molecular complexity index is 1200. The standard InChI is InChI=1S/C23H25N3O4S2/c1-32(29,30)24-23(28)17-5-7-20(8-6-17)26-11-9-25(10-12-26)15-22-14-19(16-31-22)18-3-2-4-21(27)13-18/h2-8,13-14,16,27H,9-12,15H2,1H3,(H,24,28). The molecule has 168 valence electrons. The van der Waals surface area contributed by atoms with Gasteiger partial charge in [0.1, 0.15) is 5.75 Å². The Kier molecular flexibility index (Phi) is 6.50. The third-order valence-corrected chi connectivity index (χ3v) is 6.84. The lowest BCUT2D eigenvalue weighted by Crippen LogP contribution is -2.45. The highest BCUT2D eigenvalue weighted by molar-refractivity contribution is 7.89. The van der Waals surface area contributed by atoms with Gasteiger partial charge < -0.3 is 10.0 Å². The molecule has 3 aromatic rings. The van der Waals surface area contributed by atoms with Crippen LogP contribution < -0.4 is 9.62 Å². The molecule has 0 bridgehead atoms. The van der Waals surface area contributed by atoms with Gasteiger partial charge in [-0.3, -0.25) is 9.69 Å². The van der Waals surface area contributed by atoms with Gasteiger partial charge in [0.05, 0.1) is 6.26 Å². The number of amides is 1. The zero-order chi connectivity index (χ0) is 22.7. The molecule has 0 unspecified atom stereocenters. The van der Waals surface area contributed by atoms with E-state index in [9.17, 15) is 18.3 Å². The number of phenols is 1. The maximum Gasteiger partial charge on any atom is 0.264 e. The molecular formula is C23H25N3O4S2. The number of anilines is 1. The summed E-state index contributed by atoms with van der Waals surface area (Å²) in [5.41, 5.74) is 3.48. The van der Waals surface area contributed by atoms with Crippen molar-refractivity contribution in [2.75, 3.05) is 37.3 Å². The van der Waals surface area contributed by atoms with Crippen LogP contribution in [0.3, 0.4) is 0 Å². The minimum absolute atomic E-state index is 0.274. The lowest BCUT2D eigenvalue weighted by atomic mass is 10.1. The van der Waals surface area contributed by atoms with E-state index in [0.29, 0.717) is 5.56 Å². The maximum atomic E-state index is 12.0. The van der Waals surface area contributed by atoms with Crippen molar-refractivity contribution in [2.45, 2.75) is 6.54 Å². The van der Waals surface area contributed by atoms with Crippen molar-refractivity contribution < 1.29 is 18.3 Å². The second-order valence-electron chi connectivity index (χ2n) is 7.87. The Morgan fingerprint density at radius 2 is 1.75 bits per heavy atom. The largest absolute Gasteiger partial charge is 0.508 e. The number of piperazine rings is 1. The number of nitrogens with zero attached hydrogens (tertiary/aromatic N) is 2. The van der Waals surface area contributed by atoms with Crippen LogP contribution >= 0.6 is 11.3 Å². The molecule has 0 spiro atoms. The zero-order valence-corrected chi connectivity index (χ0v) is 19.3. The number of hydrogen-bond acceptors (Lipinski definition) is 7. The third kappa shape index (κ3) is 5.67. The van der Waals surface area contributed by atoms with E-state index < -0.39 is 15.9 Å². The van der Waals surface area contributed by atoms with E-state index in [1.165, 1.54) is 4.88 Å². The number of hydrogen-bond donors (Lipinski definition) is 2. The van der Waals surface area contributed by atoms with E-state index in [2.05, 4.69) is 21.2 Å². The molecule has 0 aliphatic carbocycles. The summed E-state index contributed by atoms with van der Waals surface area (Å²) < 4.78 is 24.4. The lowest BCUT2D eigenvalue weighted by Gasteiger charge is -2.36. The van der Waals surface area contributed by atoms with E-state index in [1.807, 2.05) is 29.0 Å². The molecule has 0 saturated carbocycles. The van der Waals surface area contributed by atoms with Crippen LogP contribution in [0.5, 0.6) is 5.75 Å². The van der Waals surface area contributed by atoms with Crippen LogP contribution in [0.25, 0.3) is 11.1 Å². The molecule has 2 N–H and O–H groups in total. The second kappa shape index (κ2) is 9.32. The number of phenolic OH excluding ortho intramolecular Hbond substituents is 1. The summed E-state index contributed by atoms with van der Waals surface area (Å²) in [6, 6.07) is 16.5. The fourth-order valence-electron chi connectivity index (χ4n) is 3.74. The molecule has 1 saturated heterocycles. The SMILES string of the molecule is CS(=O)(=O)NC(=O)c1ccc(N2CCN(Cc3cc(-c4cccc(O)c4)cs3)CC2)cc1. The monoisotopic (exact) mass is 471 g/mol. The summed E-state index contributed by atoms with van der Waals surface area (Å²) in [4.78, 5) is 17.9. The Hall–Kier alpha value is -2.88. The molecule has 2 heterocycles. The van der Waals surface area contributed by atoms with Gasteiger partial charge in [0.25, 0.3) is 5.91 Å². The van der Waals surface area contributed by atoms with Crippen molar-refractivity contribution in [2.24, 2.45) is 0 Å². The van der Waals surface area contributed by atoms with Crippen molar-refractivity contribution in [1.29, 1.82) is 0 Å². The topological polar surface area (TPSA) is 90.0 Å². The number of nitrogens with one attached hydrogen (secondary N) is 1. The molecule has 7 nitrogen and oxygen atoms in total. The summed E-state index contributed by atoms with van der Waals surface area (Å²) in [5.74, 6) is -0.347. The fourth-order valence-corrected chi connectivity index (χ4v) is 5.13. The van der Waals surface area contributed by atoms with Crippen molar-refractivity contribution in [1.82, 2.24) is 9.62 Å². The first kappa shape index (κ1) is 22.3. The van der Waals surface area contributed by atoms with E-state index in [1.54, 1.807) is 35.6 Å². The predicted octanol–water partition coefficient (Wildman–Crippen LogP) is 3.13. The van der Waals surface area contributed by atoms with Gasteiger partial charge in [0.2, 0.25) is 10.0 Å². The summed E-state index contributed by atoms with van der Waals surface area (Å²) in [5, 5.41) is 11.8. The van der Waals surface area contributed by atoms with E-state index >= 15 is 0 Å². The number of carbonyl (C=O) groups is 1. The Labute approximate surface area is 192 Å². The smallest absolute Gasteiger partial charge is 0.264 e. The van der Waals surface area contributed by atoms with Crippen molar-refractivity contribution in [3.63, 3.8) is 0 Å². The lowest BCUT2D eigenvalue weighted by molar-refractivity contribution is 0.0981. The number of sulfonamides is 1. The fraction of sp³-hybridized carbons (Fsp3) is 0.261. The molecule has 1 aliphatic heterocycles. The van der Waals surface area contributed by atoms with Gasteiger partial charge in [-0.15, -0.1) is 11.3 Å². The summed E-state index contributed by atoms with van der Waals surface area (Å²) >= 11 is 1.73. The van der Waals surface area contributed by atoms with Crippen LogP contribution in [-0.4, -0.2) is 56.8 Å². The minimum Gasteiger partial charge on any atom is -0.508 e. The Balaban J connectivity index is 1.31. The first-order valence-corrected chi connectivity index (χ1v) is 13.0. The van der Waals surface area contributed by atoms with Crippen LogP contribution in [0.4, 0.5) is 5.69 Å². The Morgan fingerprint density at radius 3 is 2.41 bits per heavy atom. The number of rotatable bonds is 6. The minimum atomic E-state index is -3.58. The van der Waals surface area contributed by atoms with Crippen LogP contribution in [0.15, 0.2) is 60.0 Å². The summed E-state index contributed by atoms with van der Waals surface area (Å²) in [7, 11) is -3.58. The van der Waals surface area contributed by atoms with Gasteiger partial charge in [-0.05, 0) is 59.0 Å². The number of thiophene rings is 1. The first-order chi connectivity index (χ1) is 15.3. The molecule has 1 aromatic heterocycles. The molecule has 1 fully saturated rings. The molecule has 32 heavy (non-hydrogen) atoms. The maximum absolute atomic E-state index is 12.0. The third-order valence-electron chi connectivity index (χ3n) is 5.36. The Morgan fingerprint density at radius 1 is 1.03 bits per heavy atom. The van der Waals surface area contributed by atoms with Crippen LogP contribution in [0.2, 0.25) is 0 Å². The van der Waals surface area contributed by atoms with E-state index in [0.717, 1.165) is 55.8 Å². The van der Waals surface area contributed by atoms with Crippen molar-refractivity contribution in [3.8, 4) is 16.9 Å². The van der Waals surface area contributed by atoms with Crippen LogP contribution in [-0.2, 0) is 16.6 Å². The first-order valence-electron chi connectivity index (χ1n) is 10.2. The molecule has 0 radical (unpaired) electrons. The summed E-state index contributed by atoms with van der Waals surface area (Å²) in [6.45, 7) is 4.49. The zero-order valence-electron chi connectivity index (χ0n) is 17.7. The molecule has 1 aliphatic rings. The second-order valence-corrected chi connectivity index (χ2v) is 10.6. The molecule has 2 aromatic carbocycles. The molecule has 9 heteroatoms.